The molecule has 2 N–H and O–H groups in total. The maximum atomic E-state index is 12.4. The lowest BCUT2D eigenvalue weighted by atomic mass is 10.0. The van der Waals surface area contributed by atoms with E-state index in [4.69, 9.17) is 14.3 Å². The van der Waals surface area contributed by atoms with Crippen molar-refractivity contribution >= 4 is 22.8 Å². The molecule has 1 aromatic heterocycles. The molecule has 3 rings (SSSR count). The minimum Gasteiger partial charge on any atom is -0.478 e. The Morgan fingerprint density at radius 1 is 1.22 bits per heavy atom. The van der Waals surface area contributed by atoms with Gasteiger partial charge in [-0.15, -0.1) is 0 Å². The van der Waals surface area contributed by atoms with Gasteiger partial charge in [0, 0.05) is 25.8 Å². The number of hydrogen-bond donors (Lipinski definition) is 2. The summed E-state index contributed by atoms with van der Waals surface area (Å²) in [5, 5.41) is 18.6. The quantitative estimate of drug-likeness (QED) is 0.862. The number of benzene rings is 1. The molecule has 1 aliphatic rings. The summed E-state index contributed by atoms with van der Waals surface area (Å²) in [5.74, 6) is -0.684. The van der Waals surface area contributed by atoms with Crippen LogP contribution in [0.1, 0.15) is 15.9 Å². The van der Waals surface area contributed by atoms with Crippen molar-refractivity contribution in [1.82, 2.24) is 0 Å². The summed E-state index contributed by atoms with van der Waals surface area (Å²) in [4.78, 5) is 25.5. The van der Waals surface area contributed by atoms with Crippen molar-refractivity contribution in [2.45, 2.75) is 6.42 Å². The number of nitrogens with zero attached hydrogens (tertiary/aromatic N) is 1. The lowest BCUT2D eigenvalue weighted by molar-refractivity contribution is 0.0697. The zero-order valence-corrected chi connectivity index (χ0v) is 12.4. The summed E-state index contributed by atoms with van der Waals surface area (Å²) in [7, 11) is 0. The van der Waals surface area contributed by atoms with Crippen molar-refractivity contribution in [2.75, 3.05) is 37.8 Å². The summed E-state index contributed by atoms with van der Waals surface area (Å²) in [6.07, 6.45) is 0.215. The number of aliphatic hydroxyl groups is 1. The largest absolute Gasteiger partial charge is 0.478 e. The summed E-state index contributed by atoms with van der Waals surface area (Å²) in [6, 6.07) is 4.13. The van der Waals surface area contributed by atoms with Crippen LogP contribution >= 0.6 is 0 Å². The Kier molecular flexibility index (Phi) is 4.31. The highest BCUT2D eigenvalue weighted by Gasteiger charge is 2.18. The highest BCUT2D eigenvalue weighted by Crippen LogP contribution is 2.25. The number of anilines is 1. The van der Waals surface area contributed by atoms with Crippen LogP contribution in [0.2, 0.25) is 0 Å². The first-order valence-corrected chi connectivity index (χ1v) is 7.38. The summed E-state index contributed by atoms with van der Waals surface area (Å²) < 4.78 is 11.2. The van der Waals surface area contributed by atoms with E-state index >= 15 is 0 Å². The highest BCUT2D eigenvalue weighted by molar-refractivity contribution is 5.94. The lowest BCUT2D eigenvalue weighted by Gasteiger charge is -2.27. The van der Waals surface area contributed by atoms with Crippen LogP contribution in [-0.2, 0) is 11.2 Å². The van der Waals surface area contributed by atoms with Crippen LogP contribution in [0.25, 0.3) is 11.0 Å². The molecule has 2 heterocycles. The Morgan fingerprint density at radius 2 is 1.96 bits per heavy atom. The zero-order chi connectivity index (χ0) is 16.4. The Bertz CT molecular complexity index is 791. The van der Waals surface area contributed by atoms with Gasteiger partial charge in [-0.2, -0.15) is 0 Å². The number of aliphatic hydroxyl groups excluding tert-OH is 1. The predicted molar refractivity (Wildman–Crippen MR) is 83.3 cm³/mol. The van der Waals surface area contributed by atoms with Crippen molar-refractivity contribution in [3.8, 4) is 0 Å². The topological polar surface area (TPSA) is 100 Å². The Balaban J connectivity index is 2.17. The second-order valence-corrected chi connectivity index (χ2v) is 5.34. The molecule has 7 heteroatoms. The smallest absolute Gasteiger partial charge is 0.335 e. The average Bonchev–Trinajstić information content (AvgIpc) is 2.56. The maximum absolute atomic E-state index is 12.4. The summed E-state index contributed by atoms with van der Waals surface area (Å²) in [6.45, 7) is 2.20. The highest BCUT2D eigenvalue weighted by atomic mass is 16.5. The van der Waals surface area contributed by atoms with Gasteiger partial charge >= 0.3 is 5.97 Å². The van der Waals surface area contributed by atoms with Crippen LogP contribution < -0.4 is 10.3 Å². The van der Waals surface area contributed by atoms with E-state index < -0.39 is 5.97 Å². The second-order valence-electron chi connectivity index (χ2n) is 5.34. The summed E-state index contributed by atoms with van der Waals surface area (Å²) in [5.41, 5.74) is 0.551. The van der Waals surface area contributed by atoms with Crippen molar-refractivity contribution in [2.24, 2.45) is 0 Å². The van der Waals surface area contributed by atoms with Gasteiger partial charge in [0.05, 0.1) is 24.2 Å². The molecule has 0 unspecified atom stereocenters. The van der Waals surface area contributed by atoms with Crippen LogP contribution in [0.5, 0.6) is 0 Å². The molecule has 0 bridgehead atoms. The van der Waals surface area contributed by atoms with E-state index in [1.165, 1.54) is 18.2 Å². The molecule has 1 aromatic carbocycles. The molecule has 0 aliphatic carbocycles. The van der Waals surface area contributed by atoms with Gasteiger partial charge in [0.25, 0.3) is 0 Å². The van der Waals surface area contributed by atoms with Gasteiger partial charge in [0.1, 0.15) is 5.58 Å². The van der Waals surface area contributed by atoms with E-state index in [-0.39, 0.29) is 29.4 Å². The molecular weight excluding hydrogens is 302 g/mol. The van der Waals surface area contributed by atoms with Gasteiger partial charge in [-0.3, -0.25) is 4.79 Å². The van der Waals surface area contributed by atoms with Crippen LogP contribution in [0.4, 0.5) is 5.88 Å². The molecule has 1 aliphatic heterocycles. The van der Waals surface area contributed by atoms with E-state index in [0.717, 1.165) is 0 Å². The van der Waals surface area contributed by atoms with Crippen LogP contribution in [-0.4, -0.2) is 49.1 Å². The first-order valence-electron chi connectivity index (χ1n) is 7.38. The number of aromatic carboxylic acids is 1. The van der Waals surface area contributed by atoms with Gasteiger partial charge in [0.2, 0.25) is 0 Å². The van der Waals surface area contributed by atoms with Gasteiger partial charge in [-0.1, -0.05) is 0 Å². The van der Waals surface area contributed by atoms with E-state index in [2.05, 4.69) is 0 Å². The maximum Gasteiger partial charge on any atom is 0.335 e. The van der Waals surface area contributed by atoms with Crippen molar-refractivity contribution in [1.29, 1.82) is 0 Å². The minimum atomic E-state index is -1.12. The van der Waals surface area contributed by atoms with E-state index in [1.54, 1.807) is 0 Å². The molecule has 0 atom stereocenters. The van der Waals surface area contributed by atoms with Crippen LogP contribution in [0.3, 0.4) is 0 Å². The Hall–Kier alpha value is -2.38. The first-order chi connectivity index (χ1) is 11.1. The molecule has 1 fully saturated rings. The van der Waals surface area contributed by atoms with E-state index in [0.29, 0.717) is 43.3 Å². The molecule has 2 aromatic rings. The number of hydrogen-bond acceptors (Lipinski definition) is 6. The van der Waals surface area contributed by atoms with Gasteiger partial charge in [0.15, 0.2) is 11.3 Å². The van der Waals surface area contributed by atoms with Crippen molar-refractivity contribution in [3.05, 3.63) is 39.5 Å². The Labute approximate surface area is 131 Å². The summed E-state index contributed by atoms with van der Waals surface area (Å²) >= 11 is 0. The lowest BCUT2D eigenvalue weighted by Crippen LogP contribution is -2.36. The molecule has 0 amide bonds. The fraction of sp³-hybridized carbons (Fsp3) is 0.375. The number of carbonyl (C=O) groups is 1. The third kappa shape index (κ3) is 3.06. The second kappa shape index (κ2) is 6.39. The zero-order valence-electron chi connectivity index (χ0n) is 12.4. The third-order valence-electron chi connectivity index (χ3n) is 3.84. The van der Waals surface area contributed by atoms with Crippen molar-refractivity contribution in [3.63, 3.8) is 0 Å². The SMILES string of the molecule is O=C(O)c1cc(CCO)c2oc(N3CCOCC3)cc(=O)c2c1. The molecule has 23 heavy (non-hydrogen) atoms. The fourth-order valence-corrected chi connectivity index (χ4v) is 2.69. The molecule has 1 saturated heterocycles. The van der Waals surface area contributed by atoms with Crippen LogP contribution in [0.15, 0.2) is 27.4 Å². The molecule has 7 nitrogen and oxygen atoms in total. The molecule has 0 saturated carbocycles. The number of carboxylic acid groups (broad SMARTS) is 1. The monoisotopic (exact) mass is 319 g/mol. The first kappa shape index (κ1) is 15.5. The number of rotatable bonds is 4. The predicted octanol–water partition coefficient (Wildman–Crippen LogP) is 0.863. The number of carboxylic acids is 1. The van der Waals surface area contributed by atoms with Gasteiger partial charge in [-0.25, -0.2) is 4.79 Å². The number of fused-ring (bicyclic) bond motifs is 1. The Morgan fingerprint density at radius 3 is 2.61 bits per heavy atom. The normalized spacial score (nSPS) is 15.1. The van der Waals surface area contributed by atoms with Crippen LogP contribution in [0, 0.1) is 0 Å². The fourth-order valence-electron chi connectivity index (χ4n) is 2.69. The third-order valence-corrected chi connectivity index (χ3v) is 3.84. The van der Waals surface area contributed by atoms with E-state index in [1.807, 2.05) is 4.90 Å². The van der Waals surface area contributed by atoms with Gasteiger partial charge in [-0.05, 0) is 24.1 Å². The van der Waals surface area contributed by atoms with Gasteiger partial charge < -0.3 is 24.3 Å². The number of ether oxygens (including phenoxy) is 1. The molecule has 0 radical (unpaired) electrons. The standard InChI is InChI=1S/C16H17NO6/c18-4-1-10-7-11(16(20)21)8-12-13(19)9-14(23-15(10)12)17-2-5-22-6-3-17/h7-9,18H,1-6H2,(H,20,21). The minimum absolute atomic E-state index is 0.00683. The molecule has 0 spiro atoms. The molecular formula is C16H17NO6. The van der Waals surface area contributed by atoms with E-state index in [9.17, 15) is 14.7 Å². The number of morpholine rings is 1. The van der Waals surface area contributed by atoms with Crippen molar-refractivity contribution < 1.29 is 24.2 Å². The molecule has 122 valence electrons. The average molecular weight is 319 g/mol.